The first-order valence-electron chi connectivity index (χ1n) is 5.37. The highest BCUT2D eigenvalue weighted by atomic mass is 16.5. The lowest BCUT2D eigenvalue weighted by molar-refractivity contribution is 0.257. The molecule has 0 atom stereocenters. The van der Waals surface area contributed by atoms with Crippen LogP contribution >= 0.6 is 0 Å². The lowest BCUT2D eigenvalue weighted by Gasteiger charge is -2.04. The lowest BCUT2D eigenvalue weighted by Crippen LogP contribution is -1.89. The monoisotopic (exact) mass is 238 g/mol. The number of hydrogen-bond donors (Lipinski definition) is 0. The average molecular weight is 238 g/mol. The molecular weight excluding hydrogens is 228 g/mol. The number of rotatable bonds is 4. The molecule has 88 valence electrons. The number of ether oxygens (including phenoxy) is 2. The second kappa shape index (κ2) is 5.56. The average Bonchev–Trinajstić information content (AvgIpc) is 2.42. The number of fused-ring (bicyclic) bond motifs is 1. The van der Waals surface area contributed by atoms with Gasteiger partial charge in [0.05, 0.1) is 0 Å². The van der Waals surface area contributed by atoms with Crippen LogP contribution < -0.4 is 0 Å². The van der Waals surface area contributed by atoms with Gasteiger partial charge in [-0.1, -0.05) is 24.3 Å². The van der Waals surface area contributed by atoms with Crippen LogP contribution in [0.15, 0.2) is 36.4 Å². The molecule has 0 unspecified atom stereocenters. The molecule has 4 nitrogen and oxygen atoms in total. The van der Waals surface area contributed by atoms with Crippen molar-refractivity contribution in [2.24, 2.45) is 0 Å². The molecule has 0 aliphatic carbocycles. The van der Waals surface area contributed by atoms with E-state index in [9.17, 15) is 0 Å². The van der Waals surface area contributed by atoms with E-state index < -0.39 is 0 Å². The fourth-order valence-corrected chi connectivity index (χ4v) is 1.76. The van der Waals surface area contributed by atoms with Crippen LogP contribution in [0.1, 0.15) is 11.1 Å². The van der Waals surface area contributed by atoms with Crippen molar-refractivity contribution in [3.05, 3.63) is 47.5 Å². The van der Waals surface area contributed by atoms with Gasteiger partial charge in [-0.05, 0) is 34.0 Å². The predicted octanol–water partition coefficient (Wildman–Crippen LogP) is 2.84. The van der Waals surface area contributed by atoms with Crippen molar-refractivity contribution in [3.8, 4) is 12.5 Å². The van der Waals surface area contributed by atoms with Gasteiger partial charge in [-0.2, -0.15) is 10.5 Å². The van der Waals surface area contributed by atoms with Crippen LogP contribution in [0.4, 0.5) is 0 Å². The normalized spacial score (nSPS) is 9.44. The van der Waals surface area contributed by atoms with E-state index in [0.29, 0.717) is 0 Å². The number of nitriles is 2. The minimum Gasteiger partial charge on any atom is -0.423 e. The van der Waals surface area contributed by atoms with Crippen molar-refractivity contribution in [1.29, 1.82) is 10.5 Å². The first-order chi connectivity index (χ1) is 8.83. The molecule has 2 rings (SSSR count). The van der Waals surface area contributed by atoms with E-state index >= 15 is 0 Å². The molecule has 2 aromatic carbocycles. The van der Waals surface area contributed by atoms with Crippen LogP contribution in [-0.2, 0) is 22.7 Å². The van der Waals surface area contributed by atoms with Crippen molar-refractivity contribution >= 4 is 10.8 Å². The first-order valence-corrected chi connectivity index (χ1v) is 5.37. The molecule has 18 heavy (non-hydrogen) atoms. The summed E-state index contributed by atoms with van der Waals surface area (Å²) in [7, 11) is 0. The molecule has 0 heterocycles. The maximum absolute atomic E-state index is 8.35. The highest BCUT2D eigenvalue weighted by Crippen LogP contribution is 2.19. The van der Waals surface area contributed by atoms with Crippen molar-refractivity contribution in [2.45, 2.75) is 13.2 Å². The zero-order chi connectivity index (χ0) is 12.8. The smallest absolute Gasteiger partial charge is 0.286 e. The summed E-state index contributed by atoms with van der Waals surface area (Å²) in [4.78, 5) is 0. The van der Waals surface area contributed by atoms with Gasteiger partial charge in [0.15, 0.2) is 0 Å². The Morgan fingerprint density at radius 2 is 1.22 bits per heavy atom. The van der Waals surface area contributed by atoms with Gasteiger partial charge in [0.1, 0.15) is 13.2 Å². The van der Waals surface area contributed by atoms with Crippen molar-refractivity contribution in [1.82, 2.24) is 0 Å². The van der Waals surface area contributed by atoms with Crippen molar-refractivity contribution in [3.63, 3.8) is 0 Å². The van der Waals surface area contributed by atoms with Gasteiger partial charge in [-0.25, -0.2) is 0 Å². The third-order valence-electron chi connectivity index (χ3n) is 2.58. The summed E-state index contributed by atoms with van der Waals surface area (Å²) in [6.45, 7) is 0.567. The van der Waals surface area contributed by atoms with Gasteiger partial charge in [-0.15, -0.1) is 0 Å². The Kier molecular flexibility index (Phi) is 3.63. The van der Waals surface area contributed by atoms with Crippen LogP contribution in [-0.4, -0.2) is 0 Å². The summed E-state index contributed by atoms with van der Waals surface area (Å²) in [5, 5.41) is 18.8. The van der Waals surface area contributed by atoms with Crippen LogP contribution in [0.5, 0.6) is 0 Å². The van der Waals surface area contributed by atoms with E-state index in [1.807, 2.05) is 36.4 Å². The third-order valence-corrected chi connectivity index (χ3v) is 2.58. The fraction of sp³-hybridized carbons (Fsp3) is 0.143. The van der Waals surface area contributed by atoms with Crippen LogP contribution in [0.3, 0.4) is 0 Å². The predicted molar refractivity (Wildman–Crippen MR) is 64.8 cm³/mol. The summed E-state index contributed by atoms with van der Waals surface area (Å²) in [5.74, 6) is 0. The van der Waals surface area contributed by atoms with E-state index in [1.54, 1.807) is 12.5 Å². The molecule has 0 bridgehead atoms. The highest BCUT2D eigenvalue weighted by molar-refractivity contribution is 5.83. The maximum atomic E-state index is 8.35. The van der Waals surface area contributed by atoms with Crippen LogP contribution in [0.2, 0.25) is 0 Å². The fourth-order valence-electron chi connectivity index (χ4n) is 1.76. The summed E-state index contributed by atoms with van der Waals surface area (Å²) >= 11 is 0. The van der Waals surface area contributed by atoms with Gasteiger partial charge in [-0.3, -0.25) is 0 Å². The number of benzene rings is 2. The minimum absolute atomic E-state index is 0.283. The Bertz CT molecular complexity index is 581. The summed E-state index contributed by atoms with van der Waals surface area (Å²) in [5.41, 5.74) is 1.90. The van der Waals surface area contributed by atoms with Gasteiger partial charge in [0, 0.05) is 0 Å². The van der Waals surface area contributed by atoms with Gasteiger partial charge >= 0.3 is 0 Å². The Morgan fingerprint density at radius 1 is 0.778 bits per heavy atom. The Hall–Kier alpha value is -2.72. The molecule has 0 saturated heterocycles. The summed E-state index contributed by atoms with van der Waals surface area (Å²) in [6.07, 6.45) is 3.30. The van der Waals surface area contributed by atoms with Gasteiger partial charge in [0.25, 0.3) is 12.5 Å². The Labute approximate surface area is 105 Å². The van der Waals surface area contributed by atoms with Crippen molar-refractivity contribution < 1.29 is 9.47 Å². The quantitative estimate of drug-likeness (QED) is 0.768. The maximum Gasteiger partial charge on any atom is 0.286 e. The molecule has 0 aliphatic heterocycles. The van der Waals surface area contributed by atoms with Gasteiger partial charge in [0.2, 0.25) is 0 Å². The molecule has 0 aliphatic rings. The first kappa shape index (κ1) is 11.8. The zero-order valence-electron chi connectivity index (χ0n) is 9.59. The van der Waals surface area contributed by atoms with E-state index in [2.05, 4.69) is 0 Å². The van der Waals surface area contributed by atoms with Crippen molar-refractivity contribution in [2.75, 3.05) is 0 Å². The molecule has 0 fully saturated rings. The molecular formula is C14H10N2O2. The third kappa shape index (κ3) is 2.69. The lowest BCUT2D eigenvalue weighted by atomic mass is 10.0. The number of nitrogens with zero attached hydrogens (tertiary/aromatic N) is 2. The van der Waals surface area contributed by atoms with E-state index in [-0.39, 0.29) is 13.2 Å². The summed E-state index contributed by atoms with van der Waals surface area (Å²) < 4.78 is 9.39. The van der Waals surface area contributed by atoms with Crippen LogP contribution in [0, 0.1) is 23.0 Å². The molecule has 0 amide bonds. The molecule has 0 saturated carbocycles. The number of hydrogen-bond acceptors (Lipinski definition) is 4. The Balaban J connectivity index is 2.25. The Morgan fingerprint density at radius 3 is 1.61 bits per heavy atom. The topological polar surface area (TPSA) is 66.0 Å². The summed E-state index contributed by atoms with van der Waals surface area (Å²) in [6, 6.07) is 11.7. The molecule has 4 heteroatoms. The molecule has 0 N–H and O–H groups in total. The zero-order valence-corrected chi connectivity index (χ0v) is 9.59. The molecule has 0 spiro atoms. The molecule has 0 radical (unpaired) electrons. The second-order valence-electron chi connectivity index (χ2n) is 3.78. The van der Waals surface area contributed by atoms with E-state index in [0.717, 1.165) is 21.9 Å². The largest absolute Gasteiger partial charge is 0.423 e. The minimum atomic E-state index is 0.283. The SMILES string of the molecule is N#COCc1ccc2cc(COC#N)ccc2c1. The standard InChI is InChI=1S/C14H10N2O2/c15-9-17-7-11-1-3-13-6-12(8-18-10-16)2-4-14(13)5-11/h1-6H,7-8H2. The molecule has 0 aromatic heterocycles. The van der Waals surface area contributed by atoms with E-state index in [1.165, 1.54) is 0 Å². The molecule has 2 aromatic rings. The van der Waals surface area contributed by atoms with Gasteiger partial charge < -0.3 is 9.47 Å². The second-order valence-corrected chi connectivity index (χ2v) is 3.78. The van der Waals surface area contributed by atoms with E-state index in [4.69, 9.17) is 20.0 Å². The highest BCUT2D eigenvalue weighted by Gasteiger charge is 2.00. The van der Waals surface area contributed by atoms with Crippen LogP contribution in [0.25, 0.3) is 10.8 Å².